The maximum Gasteiger partial charge on any atom is 0.266 e. The molecule has 1 aliphatic heterocycles. The van der Waals surface area contributed by atoms with Crippen molar-refractivity contribution in [3.05, 3.63) is 109 Å². The van der Waals surface area contributed by atoms with Crippen LogP contribution < -0.4 is 15.5 Å². The van der Waals surface area contributed by atoms with Gasteiger partial charge in [-0.1, -0.05) is 59.1 Å². The Kier molecular flexibility index (Phi) is 8.65. The van der Waals surface area contributed by atoms with E-state index in [1.807, 2.05) is 48.5 Å². The first-order valence-corrected chi connectivity index (χ1v) is 16.7. The molecule has 1 amide bonds. The summed E-state index contributed by atoms with van der Waals surface area (Å²) in [6, 6.07) is 18.1. The van der Waals surface area contributed by atoms with E-state index >= 15 is 0 Å². The highest BCUT2D eigenvalue weighted by atomic mass is 35.5. The van der Waals surface area contributed by atoms with Crippen LogP contribution in [0.15, 0.2) is 72.0 Å². The number of hydrogen-bond donors (Lipinski definition) is 3. The molecule has 0 bridgehead atoms. The molecular weight excluding hydrogens is 635 g/mol. The molecule has 0 radical (unpaired) electrons. The van der Waals surface area contributed by atoms with Gasteiger partial charge in [0.1, 0.15) is 18.1 Å². The Labute approximate surface area is 265 Å². The third-order valence-corrected chi connectivity index (χ3v) is 9.70. The molecule has 3 atom stereocenters. The van der Waals surface area contributed by atoms with E-state index in [9.17, 15) is 13.2 Å². The van der Waals surface area contributed by atoms with Gasteiger partial charge in [-0.05, 0) is 78.6 Å². The van der Waals surface area contributed by atoms with E-state index in [-0.39, 0.29) is 24.4 Å². The second kappa shape index (κ2) is 12.3. The van der Waals surface area contributed by atoms with Crippen molar-refractivity contribution in [2.45, 2.75) is 37.1 Å². The minimum Gasteiger partial charge on any atom is -0.489 e. The number of benzene rings is 3. The van der Waals surface area contributed by atoms with Gasteiger partial charge in [0.05, 0.1) is 11.8 Å². The SMILES string of the molecule is O=C(NCCS(=O)(=O)O)c1ccc(C2CC2c2ccc(OCC3=C(C4CC4)ONC3c3c(Cl)cccc3Cl)cc2Cl)cc1. The number of halogens is 3. The van der Waals surface area contributed by atoms with Crippen LogP contribution in [0.25, 0.3) is 0 Å². The molecule has 2 aliphatic carbocycles. The summed E-state index contributed by atoms with van der Waals surface area (Å²) in [4.78, 5) is 18.2. The van der Waals surface area contributed by atoms with E-state index < -0.39 is 21.8 Å². The number of carbonyl (C=O) groups excluding carboxylic acids is 1. The summed E-state index contributed by atoms with van der Waals surface area (Å²) in [6.07, 6.45) is 3.07. The van der Waals surface area contributed by atoms with Gasteiger partial charge < -0.3 is 14.9 Å². The normalized spacial score (nSPS) is 21.4. The van der Waals surface area contributed by atoms with E-state index in [1.165, 1.54) is 0 Å². The molecular formula is C31H29Cl3N2O6S. The van der Waals surface area contributed by atoms with E-state index in [2.05, 4.69) is 10.8 Å². The molecule has 12 heteroatoms. The smallest absolute Gasteiger partial charge is 0.266 e. The van der Waals surface area contributed by atoms with Gasteiger partial charge in [0.15, 0.2) is 0 Å². The fourth-order valence-corrected chi connectivity index (χ4v) is 6.80. The highest BCUT2D eigenvalue weighted by Crippen LogP contribution is 2.56. The molecule has 3 unspecified atom stereocenters. The molecule has 3 N–H and O–H groups in total. The van der Waals surface area contributed by atoms with Crippen molar-refractivity contribution in [3.63, 3.8) is 0 Å². The number of amides is 1. The van der Waals surface area contributed by atoms with Crippen LogP contribution in [-0.4, -0.2) is 37.8 Å². The minimum atomic E-state index is -4.13. The van der Waals surface area contributed by atoms with Gasteiger partial charge in [-0.3, -0.25) is 9.35 Å². The summed E-state index contributed by atoms with van der Waals surface area (Å²) in [5.41, 5.74) is 7.37. The van der Waals surface area contributed by atoms with Crippen molar-refractivity contribution < 1.29 is 27.3 Å². The summed E-state index contributed by atoms with van der Waals surface area (Å²) in [5.74, 6) is 1.49. The van der Waals surface area contributed by atoms with Crippen molar-refractivity contribution in [2.24, 2.45) is 5.92 Å². The van der Waals surface area contributed by atoms with E-state index in [0.717, 1.165) is 47.3 Å². The first kappa shape index (κ1) is 30.2. The van der Waals surface area contributed by atoms with Crippen LogP contribution in [0.1, 0.15) is 64.2 Å². The van der Waals surface area contributed by atoms with Gasteiger partial charge in [-0.15, -0.1) is 5.48 Å². The van der Waals surface area contributed by atoms with Crippen LogP contribution in [0, 0.1) is 5.92 Å². The number of rotatable bonds is 11. The maximum atomic E-state index is 12.3. The lowest BCUT2D eigenvalue weighted by Crippen LogP contribution is -2.28. The molecule has 2 saturated carbocycles. The number of allylic oxidation sites excluding steroid dienone is 1. The Bertz CT molecular complexity index is 1670. The Morgan fingerprint density at radius 2 is 1.72 bits per heavy atom. The molecule has 1 heterocycles. The molecule has 3 aromatic rings. The number of ether oxygens (including phenoxy) is 1. The summed E-state index contributed by atoms with van der Waals surface area (Å²) in [6.45, 7) is 0.130. The second-order valence-electron chi connectivity index (χ2n) is 11.0. The zero-order chi connectivity index (χ0) is 30.3. The standard InChI is InChI=1S/C31H29Cl3N2O6S/c32-25-2-1-3-26(33)28(25)29-24(30(42-36-29)18-6-7-18)16-41-20-10-11-21(27(34)14-20)23-15-22(23)17-4-8-19(9-5-17)31(37)35-12-13-43(38,39)40/h1-5,8-11,14,18,22-23,29,36H,6-7,12-13,15-16H2,(H,35,37)(H,38,39,40). The highest BCUT2D eigenvalue weighted by molar-refractivity contribution is 7.85. The molecule has 8 nitrogen and oxygen atoms in total. The van der Waals surface area contributed by atoms with Gasteiger partial charge >= 0.3 is 0 Å². The molecule has 0 spiro atoms. The molecule has 3 aromatic carbocycles. The van der Waals surface area contributed by atoms with Crippen LogP contribution in [0.2, 0.25) is 15.1 Å². The molecule has 0 aromatic heterocycles. The van der Waals surface area contributed by atoms with Crippen LogP contribution in [0.3, 0.4) is 0 Å². The number of nitrogens with one attached hydrogen (secondary N) is 2. The van der Waals surface area contributed by atoms with Gasteiger partial charge in [0.25, 0.3) is 16.0 Å². The fraction of sp³-hybridized carbons (Fsp3) is 0.323. The van der Waals surface area contributed by atoms with Gasteiger partial charge in [0, 0.05) is 44.2 Å². The largest absolute Gasteiger partial charge is 0.489 e. The third-order valence-electron chi connectivity index (χ3n) is 7.99. The number of hydrogen-bond acceptors (Lipinski definition) is 6. The van der Waals surface area contributed by atoms with Crippen LogP contribution in [0.5, 0.6) is 5.75 Å². The van der Waals surface area contributed by atoms with Gasteiger partial charge in [-0.25, -0.2) is 0 Å². The Balaban J connectivity index is 1.09. The zero-order valence-corrected chi connectivity index (χ0v) is 25.9. The third kappa shape index (κ3) is 6.98. The van der Waals surface area contributed by atoms with Gasteiger partial charge in [-0.2, -0.15) is 8.42 Å². The van der Waals surface area contributed by atoms with E-state index in [4.69, 9.17) is 48.9 Å². The van der Waals surface area contributed by atoms with Crippen molar-refractivity contribution in [1.29, 1.82) is 0 Å². The fourth-order valence-electron chi connectivity index (χ4n) is 5.51. The summed E-state index contributed by atoms with van der Waals surface area (Å²) < 4.78 is 36.7. The van der Waals surface area contributed by atoms with Crippen LogP contribution in [-0.2, 0) is 15.0 Å². The van der Waals surface area contributed by atoms with Crippen molar-refractivity contribution in [3.8, 4) is 5.75 Å². The first-order valence-electron chi connectivity index (χ1n) is 13.9. The quantitative estimate of drug-likeness (QED) is 0.192. The van der Waals surface area contributed by atoms with Crippen LogP contribution in [0.4, 0.5) is 0 Å². The summed E-state index contributed by atoms with van der Waals surface area (Å²) in [7, 11) is -4.13. The number of carbonyl (C=O) groups is 1. The Morgan fingerprint density at radius 1 is 1.00 bits per heavy atom. The van der Waals surface area contributed by atoms with E-state index in [0.29, 0.717) is 38.9 Å². The lowest BCUT2D eigenvalue weighted by atomic mass is 9.98. The van der Waals surface area contributed by atoms with E-state index in [1.54, 1.807) is 12.1 Å². The van der Waals surface area contributed by atoms with Crippen molar-refractivity contribution in [1.82, 2.24) is 10.8 Å². The molecule has 6 rings (SSSR count). The van der Waals surface area contributed by atoms with Crippen molar-refractivity contribution in [2.75, 3.05) is 18.9 Å². The second-order valence-corrected chi connectivity index (χ2v) is 13.8. The topological polar surface area (TPSA) is 114 Å². The summed E-state index contributed by atoms with van der Waals surface area (Å²) in [5, 5.41) is 4.23. The lowest BCUT2D eigenvalue weighted by Gasteiger charge is -2.17. The first-order chi connectivity index (χ1) is 20.6. The Morgan fingerprint density at radius 3 is 2.37 bits per heavy atom. The molecule has 0 saturated heterocycles. The number of hydroxylamine groups is 1. The molecule has 3 aliphatic rings. The predicted molar refractivity (Wildman–Crippen MR) is 165 cm³/mol. The monoisotopic (exact) mass is 662 g/mol. The summed E-state index contributed by atoms with van der Waals surface area (Å²) >= 11 is 19.8. The maximum absolute atomic E-state index is 12.3. The molecule has 226 valence electrons. The zero-order valence-electron chi connectivity index (χ0n) is 22.9. The Hall–Kier alpha value is -2.79. The average Bonchev–Trinajstić information content (AvgIpc) is 3.90. The minimum absolute atomic E-state index is 0.164. The highest BCUT2D eigenvalue weighted by Gasteiger charge is 2.41. The average molecular weight is 664 g/mol. The molecule has 2 fully saturated rings. The van der Waals surface area contributed by atoms with Gasteiger partial charge in [0.2, 0.25) is 0 Å². The van der Waals surface area contributed by atoms with Crippen LogP contribution >= 0.6 is 34.8 Å². The predicted octanol–water partition coefficient (Wildman–Crippen LogP) is 6.85. The molecule has 43 heavy (non-hydrogen) atoms. The lowest BCUT2D eigenvalue weighted by molar-refractivity contribution is 0.0956. The van der Waals surface area contributed by atoms with Crippen molar-refractivity contribution >= 4 is 50.8 Å².